The van der Waals surface area contributed by atoms with Gasteiger partial charge < -0.3 is 21.3 Å². The number of rotatable bonds is 3. The molecule has 0 saturated carbocycles. The number of hydrogen-bond acceptors (Lipinski definition) is 8. The van der Waals surface area contributed by atoms with Gasteiger partial charge in [0.15, 0.2) is 0 Å². The topological polar surface area (TPSA) is 118 Å². The summed E-state index contributed by atoms with van der Waals surface area (Å²) in [5.41, 5.74) is 9.13. The minimum absolute atomic E-state index is 0.126. The molecule has 6 N–H and O–H groups in total. The molecule has 5 fully saturated rings. The van der Waals surface area contributed by atoms with E-state index in [4.69, 9.17) is 5.73 Å². The molecule has 5 rings (SSSR count). The van der Waals surface area contributed by atoms with Crippen molar-refractivity contribution in [2.45, 2.75) is 55.6 Å². The third kappa shape index (κ3) is 3.93. The van der Waals surface area contributed by atoms with Crippen molar-refractivity contribution in [3.05, 3.63) is 0 Å². The minimum atomic E-state index is -1.13. The zero-order valence-electron chi connectivity index (χ0n) is 17.5. The summed E-state index contributed by atoms with van der Waals surface area (Å²) in [7, 11) is 0. The molecule has 7 unspecified atom stereocenters. The van der Waals surface area contributed by atoms with E-state index in [-0.39, 0.29) is 37.5 Å². The summed E-state index contributed by atoms with van der Waals surface area (Å²) in [4.78, 5) is 29.2. The molecule has 0 aromatic carbocycles. The Morgan fingerprint density at radius 3 is 2.84 bits per heavy atom. The molecule has 174 valence electrons. The molecule has 8 atom stereocenters. The van der Waals surface area contributed by atoms with Crippen molar-refractivity contribution in [1.29, 1.82) is 0 Å². The minimum Gasteiger partial charge on any atom is -0.350 e. The fourth-order valence-corrected chi connectivity index (χ4v) is 5.91. The number of fused-ring (bicyclic) bond motifs is 2. The van der Waals surface area contributed by atoms with E-state index in [1.54, 1.807) is 5.01 Å². The first-order chi connectivity index (χ1) is 14.9. The standard InChI is InChI=1S/C19H32F2N8O2/c20-10-5-24-18-15(17(22)26-29(18)8-10)19(31)25-13-7-23-6-12(21)16(13)27-3-4-28-11(9-27)1-2-14(28)30/h10-13,15-18,23-24,26H,1-9,22H2,(H,25,31)/t10?,11-,12?,13?,15?,16?,17?,18?/m1/s1. The Morgan fingerprint density at radius 2 is 2.00 bits per heavy atom. The number of halogens is 2. The van der Waals surface area contributed by atoms with Gasteiger partial charge >= 0.3 is 0 Å². The van der Waals surface area contributed by atoms with Gasteiger partial charge in [-0.15, -0.1) is 0 Å². The molecule has 0 bridgehead atoms. The highest BCUT2D eigenvalue weighted by Gasteiger charge is 2.49. The van der Waals surface area contributed by atoms with Crippen molar-refractivity contribution in [2.24, 2.45) is 11.7 Å². The highest BCUT2D eigenvalue weighted by molar-refractivity contribution is 5.81. The second-order valence-corrected chi connectivity index (χ2v) is 9.34. The largest absolute Gasteiger partial charge is 0.350 e. The summed E-state index contributed by atoms with van der Waals surface area (Å²) in [5, 5.41) is 10.8. The highest BCUT2D eigenvalue weighted by atomic mass is 19.1. The number of piperidine rings is 1. The summed E-state index contributed by atoms with van der Waals surface area (Å²) in [5.74, 6) is -0.699. The van der Waals surface area contributed by atoms with Gasteiger partial charge in [0, 0.05) is 58.3 Å². The summed E-state index contributed by atoms with van der Waals surface area (Å²) < 4.78 is 28.8. The predicted octanol–water partition coefficient (Wildman–Crippen LogP) is -2.92. The van der Waals surface area contributed by atoms with Crippen LogP contribution in [-0.2, 0) is 9.59 Å². The van der Waals surface area contributed by atoms with Crippen molar-refractivity contribution in [3.63, 3.8) is 0 Å². The van der Waals surface area contributed by atoms with E-state index in [1.165, 1.54) is 0 Å². The summed E-state index contributed by atoms with van der Waals surface area (Å²) in [6.07, 6.45) is -1.84. The molecule has 0 radical (unpaired) electrons. The quantitative estimate of drug-likeness (QED) is 0.316. The maximum atomic E-state index is 15.1. The number of hydrogen-bond donors (Lipinski definition) is 5. The van der Waals surface area contributed by atoms with E-state index in [0.29, 0.717) is 32.6 Å². The summed E-state index contributed by atoms with van der Waals surface area (Å²) >= 11 is 0. The van der Waals surface area contributed by atoms with Crippen LogP contribution in [0.15, 0.2) is 0 Å². The smallest absolute Gasteiger partial charge is 0.229 e. The second-order valence-electron chi connectivity index (χ2n) is 9.34. The van der Waals surface area contributed by atoms with Gasteiger partial charge in [-0.3, -0.25) is 19.8 Å². The molecule has 0 spiro atoms. The van der Waals surface area contributed by atoms with Gasteiger partial charge in [-0.25, -0.2) is 19.2 Å². The lowest BCUT2D eigenvalue weighted by Gasteiger charge is -2.47. The van der Waals surface area contributed by atoms with Gasteiger partial charge in [-0.2, -0.15) is 0 Å². The van der Waals surface area contributed by atoms with E-state index < -0.39 is 42.7 Å². The van der Waals surface area contributed by atoms with Crippen LogP contribution in [0.3, 0.4) is 0 Å². The number of carbonyl (C=O) groups is 2. The van der Waals surface area contributed by atoms with Crippen molar-refractivity contribution >= 4 is 11.8 Å². The average Bonchev–Trinajstić information content (AvgIpc) is 3.26. The molecule has 31 heavy (non-hydrogen) atoms. The van der Waals surface area contributed by atoms with Gasteiger partial charge in [0.2, 0.25) is 11.8 Å². The first-order valence-corrected chi connectivity index (χ1v) is 11.3. The lowest BCUT2D eigenvalue weighted by Crippen LogP contribution is -2.69. The Kier molecular flexibility index (Phi) is 5.86. The molecule has 12 heteroatoms. The van der Waals surface area contributed by atoms with Crippen LogP contribution in [0.25, 0.3) is 0 Å². The van der Waals surface area contributed by atoms with E-state index in [9.17, 15) is 14.0 Å². The van der Waals surface area contributed by atoms with Crippen LogP contribution < -0.4 is 27.1 Å². The number of nitrogens with one attached hydrogen (secondary N) is 4. The van der Waals surface area contributed by atoms with Crippen molar-refractivity contribution < 1.29 is 18.4 Å². The second kappa shape index (κ2) is 8.49. The molecule has 5 heterocycles. The number of nitrogens with two attached hydrogens (primary N) is 1. The molecule has 5 aliphatic heterocycles. The lowest BCUT2D eigenvalue weighted by atomic mass is 9.93. The Balaban J connectivity index is 1.27. The first-order valence-electron chi connectivity index (χ1n) is 11.3. The Morgan fingerprint density at radius 1 is 1.16 bits per heavy atom. The van der Waals surface area contributed by atoms with Crippen LogP contribution in [0, 0.1) is 5.92 Å². The van der Waals surface area contributed by atoms with Crippen LogP contribution in [0.1, 0.15) is 12.8 Å². The first kappa shape index (κ1) is 21.4. The SMILES string of the molecule is NC1NN2CC(F)CNC2C1C(=O)NC1CNCC(F)C1N1CCN2C(=O)CC[C@@H]2C1. The third-order valence-electron chi connectivity index (χ3n) is 7.39. The van der Waals surface area contributed by atoms with Crippen LogP contribution in [-0.4, -0.2) is 115 Å². The average molecular weight is 443 g/mol. The fraction of sp³-hybridized carbons (Fsp3) is 0.895. The molecular formula is C19H32F2N8O2. The van der Waals surface area contributed by atoms with E-state index in [0.717, 1.165) is 6.42 Å². The van der Waals surface area contributed by atoms with E-state index in [2.05, 4.69) is 26.3 Å². The Labute approximate surface area is 180 Å². The third-order valence-corrected chi connectivity index (χ3v) is 7.39. The van der Waals surface area contributed by atoms with Gasteiger partial charge in [0.05, 0.1) is 30.3 Å². The van der Waals surface area contributed by atoms with Gasteiger partial charge in [-0.1, -0.05) is 0 Å². The number of amides is 2. The van der Waals surface area contributed by atoms with Gasteiger partial charge in [0.1, 0.15) is 12.3 Å². The number of carbonyl (C=O) groups excluding carboxylic acids is 2. The normalized spacial score (nSPS) is 44.2. The van der Waals surface area contributed by atoms with Crippen molar-refractivity contribution in [3.8, 4) is 0 Å². The number of hydrazine groups is 1. The lowest BCUT2D eigenvalue weighted by molar-refractivity contribution is -0.131. The molecule has 5 aliphatic rings. The van der Waals surface area contributed by atoms with Gasteiger partial charge in [-0.05, 0) is 6.42 Å². The Hall–Kier alpha value is -1.44. The number of alkyl halides is 2. The predicted molar refractivity (Wildman–Crippen MR) is 108 cm³/mol. The zero-order valence-corrected chi connectivity index (χ0v) is 17.5. The molecule has 2 amide bonds. The Bertz CT molecular complexity index is 716. The van der Waals surface area contributed by atoms with Crippen LogP contribution in [0.4, 0.5) is 8.78 Å². The number of piperazine rings is 1. The van der Waals surface area contributed by atoms with Crippen LogP contribution in [0.2, 0.25) is 0 Å². The molecule has 10 nitrogen and oxygen atoms in total. The monoisotopic (exact) mass is 442 g/mol. The van der Waals surface area contributed by atoms with E-state index in [1.807, 2.05) is 4.90 Å². The highest BCUT2D eigenvalue weighted by Crippen LogP contribution is 2.28. The zero-order chi connectivity index (χ0) is 21.7. The fourth-order valence-electron chi connectivity index (χ4n) is 5.91. The van der Waals surface area contributed by atoms with Crippen molar-refractivity contribution in [1.82, 2.24) is 36.2 Å². The maximum Gasteiger partial charge on any atom is 0.229 e. The molecule has 0 aromatic heterocycles. The molecule has 5 saturated heterocycles. The van der Waals surface area contributed by atoms with Crippen LogP contribution in [0.5, 0.6) is 0 Å². The maximum absolute atomic E-state index is 15.1. The van der Waals surface area contributed by atoms with Crippen LogP contribution >= 0.6 is 0 Å². The summed E-state index contributed by atoms with van der Waals surface area (Å²) in [6.45, 7) is 2.86. The molecule has 0 aromatic rings. The number of nitrogens with zero attached hydrogens (tertiary/aromatic N) is 3. The molecule has 0 aliphatic carbocycles. The molecular weight excluding hydrogens is 410 g/mol. The van der Waals surface area contributed by atoms with Crippen molar-refractivity contribution in [2.75, 3.05) is 45.8 Å². The van der Waals surface area contributed by atoms with Gasteiger partial charge in [0.25, 0.3) is 0 Å². The summed E-state index contributed by atoms with van der Waals surface area (Å²) in [6, 6.07) is -0.751. The van der Waals surface area contributed by atoms with E-state index >= 15 is 4.39 Å².